The van der Waals surface area contributed by atoms with Crippen molar-refractivity contribution in [2.24, 2.45) is 17.8 Å². The van der Waals surface area contributed by atoms with Gasteiger partial charge >= 0.3 is 0 Å². The molecule has 0 amide bonds. The maximum Gasteiger partial charge on any atom is 0.0107 e. The minimum atomic E-state index is 0.701. The summed E-state index contributed by atoms with van der Waals surface area (Å²) in [5.74, 6) is 2.69. The number of rotatable bonds is 5. The lowest BCUT2D eigenvalue weighted by molar-refractivity contribution is 0.263. The second kappa shape index (κ2) is 6.41. The Morgan fingerprint density at radius 1 is 1.11 bits per heavy atom. The van der Waals surface area contributed by atoms with Crippen molar-refractivity contribution in [1.82, 2.24) is 10.2 Å². The molecule has 3 rings (SSSR count). The van der Waals surface area contributed by atoms with Crippen LogP contribution in [0.25, 0.3) is 0 Å². The van der Waals surface area contributed by atoms with Gasteiger partial charge in [-0.05, 0) is 63.5 Å². The van der Waals surface area contributed by atoms with Gasteiger partial charge in [-0.15, -0.1) is 0 Å². The highest BCUT2D eigenvalue weighted by Crippen LogP contribution is 2.44. The van der Waals surface area contributed by atoms with E-state index in [0.29, 0.717) is 6.04 Å². The first-order chi connectivity index (χ1) is 9.33. The Morgan fingerprint density at radius 2 is 1.89 bits per heavy atom. The summed E-state index contributed by atoms with van der Waals surface area (Å²) in [4.78, 5) is 2.66. The van der Waals surface area contributed by atoms with Crippen LogP contribution < -0.4 is 5.32 Å². The summed E-state index contributed by atoms with van der Waals surface area (Å²) in [6.45, 7) is 7.49. The standard InChI is InChI=1S/C17H30N2/c1-14(17-13-15-6-7-16(17)12-15)18-8-11-19-9-4-2-3-5-10-19/h6-7,14-18H,2-5,8-13H2,1H3. The van der Waals surface area contributed by atoms with Gasteiger partial charge in [0.05, 0.1) is 0 Å². The molecule has 2 heteroatoms. The van der Waals surface area contributed by atoms with Gasteiger partial charge in [-0.3, -0.25) is 0 Å². The Labute approximate surface area is 118 Å². The van der Waals surface area contributed by atoms with Crippen molar-refractivity contribution in [3.8, 4) is 0 Å². The van der Waals surface area contributed by atoms with E-state index in [0.717, 1.165) is 17.8 Å². The Bertz CT molecular complexity index is 304. The first-order valence-corrected chi connectivity index (χ1v) is 8.47. The zero-order valence-electron chi connectivity index (χ0n) is 12.5. The van der Waals surface area contributed by atoms with E-state index >= 15 is 0 Å². The minimum absolute atomic E-state index is 0.701. The second-order valence-corrected chi connectivity index (χ2v) is 6.94. The van der Waals surface area contributed by atoms with Gasteiger partial charge in [-0.1, -0.05) is 25.0 Å². The lowest BCUT2D eigenvalue weighted by Gasteiger charge is -2.28. The predicted octanol–water partition coefficient (Wildman–Crippen LogP) is 3.05. The van der Waals surface area contributed by atoms with Crippen LogP contribution in [0.5, 0.6) is 0 Å². The fourth-order valence-electron chi connectivity index (χ4n) is 4.36. The SMILES string of the molecule is CC(NCCN1CCCCCC1)C1CC2C=CC1C2. The third-order valence-corrected chi connectivity index (χ3v) is 5.57. The summed E-state index contributed by atoms with van der Waals surface area (Å²) in [6, 6.07) is 0.701. The van der Waals surface area contributed by atoms with Gasteiger partial charge in [0.2, 0.25) is 0 Å². The van der Waals surface area contributed by atoms with Crippen molar-refractivity contribution in [2.45, 2.75) is 51.5 Å². The number of likely N-dealkylation sites (tertiary alicyclic amines) is 1. The Morgan fingerprint density at radius 3 is 2.53 bits per heavy atom. The van der Waals surface area contributed by atoms with Crippen molar-refractivity contribution >= 4 is 0 Å². The highest BCUT2D eigenvalue weighted by molar-refractivity contribution is 5.11. The van der Waals surface area contributed by atoms with Crippen molar-refractivity contribution in [1.29, 1.82) is 0 Å². The molecule has 0 spiro atoms. The van der Waals surface area contributed by atoms with E-state index in [1.807, 2.05) is 0 Å². The number of fused-ring (bicyclic) bond motifs is 2. The highest BCUT2D eigenvalue weighted by atomic mass is 15.1. The van der Waals surface area contributed by atoms with Crippen LogP contribution in [-0.2, 0) is 0 Å². The van der Waals surface area contributed by atoms with Crippen molar-refractivity contribution in [2.75, 3.05) is 26.2 Å². The Balaban J connectivity index is 1.36. The van der Waals surface area contributed by atoms with Crippen molar-refractivity contribution in [3.63, 3.8) is 0 Å². The Hall–Kier alpha value is -0.340. The van der Waals surface area contributed by atoms with Crippen LogP contribution in [0.4, 0.5) is 0 Å². The zero-order valence-corrected chi connectivity index (χ0v) is 12.5. The summed E-state index contributed by atoms with van der Waals surface area (Å²) in [6.07, 6.45) is 13.5. The molecule has 1 aliphatic heterocycles. The van der Waals surface area contributed by atoms with Gasteiger partial charge in [-0.25, -0.2) is 0 Å². The molecule has 0 aromatic heterocycles. The molecule has 19 heavy (non-hydrogen) atoms. The van der Waals surface area contributed by atoms with Crippen molar-refractivity contribution < 1.29 is 0 Å². The van der Waals surface area contributed by atoms with Crippen LogP contribution in [0, 0.1) is 17.8 Å². The maximum atomic E-state index is 3.80. The highest BCUT2D eigenvalue weighted by Gasteiger charge is 2.38. The average Bonchev–Trinajstić information content (AvgIpc) is 2.95. The third-order valence-electron chi connectivity index (χ3n) is 5.57. The van der Waals surface area contributed by atoms with Gasteiger partial charge in [0.1, 0.15) is 0 Å². The molecule has 2 aliphatic carbocycles. The first-order valence-electron chi connectivity index (χ1n) is 8.47. The second-order valence-electron chi connectivity index (χ2n) is 6.94. The molecule has 3 aliphatic rings. The predicted molar refractivity (Wildman–Crippen MR) is 81.2 cm³/mol. The molecule has 0 radical (unpaired) electrons. The van der Waals surface area contributed by atoms with E-state index in [1.165, 1.54) is 64.7 Å². The van der Waals surface area contributed by atoms with Crippen molar-refractivity contribution in [3.05, 3.63) is 12.2 Å². The summed E-state index contributed by atoms with van der Waals surface area (Å²) in [5, 5.41) is 3.80. The molecule has 4 atom stereocenters. The topological polar surface area (TPSA) is 15.3 Å². The molecule has 1 heterocycles. The molecule has 2 fully saturated rings. The molecule has 2 nitrogen and oxygen atoms in total. The van der Waals surface area contributed by atoms with Gasteiger partial charge in [-0.2, -0.15) is 0 Å². The molecular weight excluding hydrogens is 232 g/mol. The summed E-state index contributed by atoms with van der Waals surface area (Å²) < 4.78 is 0. The largest absolute Gasteiger partial charge is 0.313 e. The van der Waals surface area contributed by atoms with Gasteiger partial charge < -0.3 is 10.2 Å². The molecular formula is C17H30N2. The minimum Gasteiger partial charge on any atom is -0.313 e. The summed E-state index contributed by atoms with van der Waals surface area (Å²) in [5.41, 5.74) is 0. The molecule has 1 saturated carbocycles. The average molecular weight is 262 g/mol. The van der Waals surface area contributed by atoms with Crippen LogP contribution >= 0.6 is 0 Å². The molecule has 2 bridgehead atoms. The number of nitrogens with one attached hydrogen (secondary N) is 1. The number of hydrogen-bond donors (Lipinski definition) is 1. The van der Waals surface area contributed by atoms with Gasteiger partial charge in [0.15, 0.2) is 0 Å². The number of nitrogens with zero attached hydrogens (tertiary/aromatic N) is 1. The summed E-state index contributed by atoms with van der Waals surface area (Å²) >= 11 is 0. The van der Waals surface area contributed by atoms with E-state index in [1.54, 1.807) is 0 Å². The molecule has 1 N–H and O–H groups in total. The van der Waals surface area contributed by atoms with E-state index < -0.39 is 0 Å². The summed E-state index contributed by atoms with van der Waals surface area (Å²) in [7, 11) is 0. The quantitative estimate of drug-likeness (QED) is 0.766. The normalized spacial score (nSPS) is 36.6. The van der Waals surface area contributed by atoms with Crippen LogP contribution in [0.3, 0.4) is 0 Å². The third kappa shape index (κ3) is 3.41. The van der Waals surface area contributed by atoms with Gasteiger partial charge in [0, 0.05) is 19.1 Å². The molecule has 1 saturated heterocycles. The lowest BCUT2D eigenvalue weighted by Crippen LogP contribution is -2.40. The fourth-order valence-corrected chi connectivity index (χ4v) is 4.36. The molecule has 0 aromatic rings. The fraction of sp³-hybridized carbons (Fsp3) is 0.882. The number of hydrogen-bond acceptors (Lipinski definition) is 2. The van der Waals surface area contributed by atoms with Crippen LogP contribution in [0.1, 0.15) is 45.4 Å². The van der Waals surface area contributed by atoms with E-state index in [9.17, 15) is 0 Å². The maximum absolute atomic E-state index is 3.80. The lowest BCUT2D eigenvalue weighted by atomic mass is 9.87. The number of allylic oxidation sites excluding steroid dienone is 2. The van der Waals surface area contributed by atoms with E-state index in [2.05, 4.69) is 29.3 Å². The monoisotopic (exact) mass is 262 g/mol. The van der Waals surface area contributed by atoms with Crippen LogP contribution in [0.2, 0.25) is 0 Å². The smallest absolute Gasteiger partial charge is 0.0107 e. The van der Waals surface area contributed by atoms with Gasteiger partial charge in [0.25, 0.3) is 0 Å². The molecule has 0 aromatic carbocycles. The first kappa shape index (κ1) is 13.6. The molecule has 108 valence electrons. The zero-order chi connectivity index (χ0) is 13.1. The van der Waals surface area contributed by atoms with Crippen LogP contribution in [-0.4, -0.2) is 37.1 Å². The van der Waals surface area contributed by atoms with E-state index in [-0.39, 0.29) is 0 Å². The van der Waals surface area contributed by atoms with Crippen LogP contribution in [0.15, 0.2) is 12.2 Å². The van der Waals surface area contributed by atoms with E-state index in [4.69, 9.17) is 0 Å². The molecule has 4 unspecified atom stereocenters. The Kier molecular flexibility index (Phi) is 4.60.